The van der Waals surface area contributed by atoms with Crippen molar-refractivity contribution in [1.29, 1.82) is 0 Å². The van der Waals surface area contributed by atoms with Crippen molar-refractivity contribution in [3.05, 3.63) is 47.5 Å². The molecular weight excluding hydrogens is 398 g/mol. The second kappa shape index (κ2) is 9.20. The Morgan fingerprint density at radius 1 is 1.00 bits per heavy atom. The van der Waals surface area contributed by atoms with E-state index in [1.165, 1.54) is 0 Å². The molecule has 1 saturated heterocycles. The number of carbonyl (C=O) groups is 1. The number of ether oxygens (including phenoxy) is 5. The predicted molar refractivity (Wildman–Crippen MR) is 116 cm³/mol. The first kappa shape index (κ1) is 20.9. The number of fused-ring (bicyclic) bond motifs is 1. The molecule has 0 saturated carbocycles. The molecule has 2 aromatic carbocycles. The largest absolute Gasteiger partial charge is 0.493 e. The Kier molecular flexibility index (Phi) is 6.21. The van der Waals surface area contributed by atoms with Gasteiger partial charge in [0.25, 0.3) is 0 Å². The topological polar surface area (TPSA) is 66.5 Å². The van der Waals surface area contributed by atoms with Gasteiger partial charge in [-0.15, -0.1) is 0 Å². The van der Waals surface area contributed by atoms with E-state index < -0.39 is 0 Å². The summed E-state index contributed by atoms with van der Waals surface area (Å²) in [5, 5.41) is 0. The van der Waals surface area contributed by atoms with Crippen LogP contribution in [0, 0.1) is 0 Å². The summed E-state index contributed by atoms with van der Waals surface area (Å²) in [6.07, 6.45) is 5.25. The third kappa shape index (κ3) is 4.26. The van der Waals surface area contributed by atoms with Gasteiger partial charge in [-0.1, -0.05) is 6.07 Å². The van der Waals surface area contributed by atoms with Crippen LogP contribution in [0.1, 0.15) is 30.0 Å². The molecule has 7 heteroatoms. The van der Waals surface area contributed by atoms with Crippen LogP contribution >= 0.6 is 0 Å². The summed E-state index contributed by atoms with van der Waals surface area (Å²) < 4.78 is 27.5. The average Bonchev–Trinajstić information content (AvgIpc) is 3.31. The lowest BCUT2D eigenvalue weighted by Gasteiger charge is -2.26. The van der Waals surface area contributed by atoms with Gasteiger partial charge in [0.1, 0.15) is 13.2 Å². The highest BCUT2D eigenvalue weighted by Crippen LogP contribution is 2.40. The van der Waals surface area contributed by atoms with Gasteiger partial charge in [-0.05, 0) is 54.3 Å². The van der Waals surface area contributed by atoms with Gasteiger partial charge in [0, 0.05) is 12.6 Å². The molecule has 1 atom stereocenters. The minimum atomic E-state index is -0.0360. The summed E-state index contributed by atoms with van der Waals surface area (Å²) in [6, 6.07) is 9.59. The summed E-state index contributed by atoms with van der Waals surface area (Å²) in [4.78, 5) is 14.9. The highest BCUT2D eigenvalue weighted by molar-refractivity contribution is 5.92. The lowest BCUT2D eigenvalue weighted by molar-refractivity contribution is -0.126. The van der Waals surface area contributed by atoms with Crippen LogP contribution in [-0.4, -0.2) is 51.9 Å². The maximum atomic E-state index is 13.0. The molecule has 2 aliphatic heterocycles. The molecule has 0 N–H and O–H groups in total. The van der Waals surface area contributed by atoms with E-state index in [9.17, 15) is 4.79 Å². The normalized spacial score (nSPS) is 17.6. The van der Waals surface area contributed by atoms with Crippen molar-refractivity contribution >= 4 is 12.0 Å². The van der Waals surface area contributed by atoms with E-state index in [0.717, 1.165) is 42.0 Å². The van der Waals surface area contributed by atoms with E-state index in [1.54, 1.807) is 33.5 Å². The minimum Gasteiger partial charge on any atom is -0.493 e. The van der Waals surface area contributed by atoms with Crippen molar-refractivity contribution < 1.29 is 28.5 Å². The number of hydrogen-bond acceptors (Lipinski definition) is 6. The van der Waals surface area contributed by atoms with E-state index in [2.05, 4.69) is 0 Å². The fourth-order valence-electron chi connectivity index (χ4n) is 4.11. The number of hydrogen-bond donors (Lipinski definition) is 0. The first-order chi connectivity index (χ1) is 15.1. The maximum Gasteiger partial charge on any atom is 0.247 e. The third-order valence-electron chi connectivity index (χ3n) is 5.59. The number of benzene rings is 2. The van der Waals surface area contributed by atoms with Crippen LogP contribution in [0.3, 0.4) is 0 Å². The van der Waals surface area contributed by atoms with Gasteiger partial charge >= 0.3 is 0 Å². The molecule has 0 aromatic heterocycles. The number of carbonyl (C=O) groups excluding carboxylic acids is 1. The van der Waals surface area contributed by atoms with Crippen LogP contribution in [0.5, 0.6) is 28.7 Å². The summed E-state index contributed by atoms with van der Waals surface area (Å²) in [5.74, 6) is 3.08. The van der Waals surface area contributed by atoms with Gasteiger partial charge in [-0.2, -0.15) is 0 Å². The van der Waals surface area contributed by atoms with Crippen LogP contribution in [0.25, 0.3) is 6.08 Å². The van der Waals surface area contributed by atoms with Gasteiger partial charge in [0.15, 0.2) is 23.0 Å². The summed E-state index contributed by atoms with van der Waals surface area (Å²) in [6.45, 7) is 1.82. The Morgan fingerprint density at radius 2 is 1.71 bits per heavy atom. The van der Waals surface area contributed by atoms with Crippen molar-refractivity contribution in [2.45, 2.75) is 18.9 Å². The smallest absolute Gasteiger partial charge is 0.247 e. The third-order valence-corrected chi connectivity index (χ3v) is 5.59. The number of rotatable bonds is 6. The van der Waals surface area contributed by atoms with Gasteiger partial charge in [-0.3, -0.25) is 4.79 Å². The first-order valence-corrected chi connectivity index (χ1v) is 10.3. The molecule has 2 aliphatic rings. The van der Waals surface area contributed by atoms with E-state index in [4.69, 9.17) is 23.7 Å². The molecule has 2 heterocycles. The van der Waals surface area contributed by atoms with Crippen molar-refractivity contribution in [2.24, 2.45) is 0 Å². The first-order valence-electron chi connectivity index (χ1n) is 10.3. The monoisotopic (exact) mass is 425 g/mol. The number of amides is 1. The molecule has 7 nitrogen and oxygen atoms in total. The Labute approximate surface area is 182 Å². The molecule has 2 aromatic rings. The Hall–Kier alpha value is -3.35. The van der Waals surface area contributed by atoms with Crippen LogP contribution < -0.4 is 23.7 Å². The molecule has 0 radical (unpaired) electrons. The maximum absolute atomic E-state index is 13.0. The van der Waals surface area contributed by atoms with E-state index in [0.29, 0.717) is 30.5 Å². The number of likely N-dealkylation sites (tertiary alicyclic amines) is 1. The van der Waals surface area contributed by atoms with Crippen molar-refractivity contribution in [2.75, 3.05) is 41.1 Å². The molecule has 0 bridgehead atoms. The molecular formula is C24H27NO6. The highest BCUT2D eigenvalue weighted by atomic mass is 16.6. The molecule has 4 rings (SSSR count). The molecule has 1 fully saturated rings. The zero-order valence-corrected chi connectivity index (χ0v) is 18.1. The van der Waals surface area contributed by atoms with Crippen LogP contribution in [0.4, 0.5) is 0 Å². The Morgan fingerprint density at radius 3 is 2.39 bits per heavy atom. The second-order valence-electron chi connectivity index (χ2n) is 7.38. The second-order valence-corrected chi connectivity index (χ2v) is 7.38. The van der Waals surface area contributed by atoms with Crippen LogP contribution in [0.2, 0.25) is 0 Å². The lowest BCUT2D eigenvalue weighted by atomic mass is 10.0. The van der Waals surface area contributed by atoms with Gasteiger partial charge in [-0.25, -0.2) is 0 Å². The fraction of sp³-hybridized carbons (Fsp3) is 0.375. The zero-order valence-electron chi connectivity index (χ0n) is 18.1. The Balaban J connectivity index is 1.53. The molecule has 0 aliphatic carbocycles. The average molecular weight is 425 g/mol. The number of methoxy groups -OCH3 is 3. The van der Waals surface area contributed by atoms with Crippen molar-refractivity contribution in [1.82, 2.24) is 4.90 Å². The van der Waals surface area contributed by atoms with Crippen molar-refractivity contribution in [3.63, 3.8) is 0 Å². The molecule has 0 spiro atoms. The molecule has 164 valence electrons. The highest BCUT2D eigenvalue weighted by Gasteiger charge is 2.29. The quantitative estimate of drug-likeness (QED) is 0.655. The minimum absolute atomic E-state index is 0.0212. The number of nitrogens with zero attached hydrogens (tertiary/aromatic N) is 1. The molecule has 31 heavy (non-hydrogen) atoms. The lowest BCUT2D eigenvalue weighted by Crippen LogP contribution is -2.29. The standard InChI is InChI=1S/C24H27NO6/c1-27-21-13-16(14-22(28-2)24(21)29-3)6-9-23(26)25-10-4-5-18(25)17-7-8-19-20(15-17)31-12-11-30-19/h6-9,13-15,18H,4-5,10-12H2,1-3H3. The summed E-state index contributed by atoms with van der Waals surface area (Å²) in [5.41, 5.74) is 1.86. The molecule has 1 amide bonds. The summed E-state index contributed by atoms with van der Waals surface area (Å²) >= 11 is 0. The Bertz CT molecular complexity index is 961. The van der Waals surface area contributed by atoms with Gasteiger partial charge < -0.3 is 28.6 Å². The van der Waals surface area contributed by atoms with E-state index >= 15 is 0 Å². The van der Waals surface area contributed by atoms with Gasteiger partial charge in [0.2, 0.25) is 11.7 Å². The van der Waals surface area contributed by atoms with E-state index in [-0.39, 0.29) is 11.9 Å². The van der Waals surface area contributed by atoms with Crippen molar-refractivity contribution in [3.8, 4) is 28.7 Å². The SMILES string of the molecule is COc1cc(C=CC(=O)N2CCCC2c2ccc3c(c2)OCCO3)cc(OC)c1OC. The fourth-order valence-corrected chi connectivity index (χ4v) is 4.11. The van der Waals surface area contributed by atoms with Gasteiger partial charge in [0.05, 0.1) is 27.4 Å². The summed E-state index contributed by atoms with van der Waals surface area (Å²) in [7, 11) is 4.70. The van der Waals surface area contributed by atoms with Crippen LogP contribution in [-0.2, 0) is 4.79 Å². The van der Waals surface area contributed by atoms with Crippen LogP contribution in [0.15, 0.2) is 36.4 Å². The van der Waals surface area contributed by atoms with E-state index in [1.807, 2.05) is 35.2 Å². The molecule has 1 unspecified atom stereocenters. The zero-order chi connectivity index (χ0) is 21.8. The predicted octanol–water partition coefficient (Wildman–Crippen LogP) is 3.86.